The Morgan fingerprint density at radius 1 is 1.40 bits per heavy atom. The van der Waals surface area contributed by atoms with Gasteiger partial charge in [-0.1, -0.05) is 13.8 Å². The topological polar surface area (TPSA) is 45.4 Å². The molecule has 1 aromatic rings. The van der Waals surface area contributed by atoms with Gasteiger partial charge in [-0.05, 0) is 47.6 Å². The van der Waals surface area contributed by atoms with Gasteiger partial charge in [0.05, 0.1) is 12.1 Å². The van der Waals surface area contributed by atoms with Gasteiger partial charge in [-0.15, -0.1) is 0 Å². The third-order valence-corrected chi connectivity index (χ3v) is 3.28. The lowest BCUT2D eigenvalue weighted by Gasteiger charge is -2.25. The van der Waals surface area contributed by atoms with Gasteiger partial charge >= 0.3 is 0 Å². The summed E-state index contributed by atoms with van der Waals surface area (Å²) in [5, 5.41) is 13.2. The number of hydrogen-bond acceptors (Lipinski definition) is 3. The highest BCUT2D eigenvalue weighted by Gasteiger charge is 2.21. The van der Waals surface area contributed by atoms with E-state index < -0.39 is 5.60 Å². The SMILES string of the molecule is CCC(O)(CC)CNCc1ccc(I)o1. The Bertz CT molecular complexity index is 295. The van der Waals surface area contributed by atoms with Crippen LogP contribution in [0.15, 0.2) is 16.5 Å². The zero-order valence-corrected chi connectivity index (χ0v) is 11.4. The van der Waals surface area contributed by atoms with E-state index >= 15 is 0 Å². The van der Waals surface area contributed by atoms with Crippen LogP contribution in [0.1, 0.15) is 32.4 Å². The molecule has 0 saturated carbocycles. The van der Waals surface area contributed by atoms with Crippen molar-refractivity contribution in [1.29, 1.82) is 0 Å². The molecule has 0 atom stereocenters. The largest absolute Gasteiger partial charge is 0.454 e. The molecular formula is C11H18INO2. The van der Waals surface area contributed by atoms with Crippen molar-refractivity contribution in [2.24, 2.45) is 0 Å². The fraction of sp³-hybridized carbons (Fsp3) is 0.636. The fourth-order valence-electron chi connectivity index (χ4n) is 1.37. The average molecular weight is 323 g/mol. The van der Waals surface area contributed by atoms with Crippen molar-refractivity contribution in [2.45, 2.75) is 38.8 Å². The van der Waals surface area contributed by atoms with Crippen LogP contribution < -0.4 is 5.32 Å². The number of nitrogens with one attached hydrogen (secondary N) is 1. The zero-order chi connectivity index (χ0) is 11.3. The molecule has 15 heavy (non-hydrogen) atoms. The molecule has 1 heterocycles. The van der Waals surface area contributed by atoms with Crippen LogP contribution >= 0.6 is 22.6 Å². The van der Waals surface area contributed by atoms with Crippen LogP contribution in [0.5, 0.6) is 0 Å². The van der Waals surface area contributed by atoms with E-state index in [0.29, 0.717) is 13.1 Å². The van der Waals surface area contributed by atoms with Crippen LogP contribution in [-0.4, -0.2) is 17.3 Å². The molecule has 0 bridgehead atoms. The number of furan rings is 1. The van der Waals surface area contributed by atoms with Crippen LogP contribution in [-0.2, 0) is 6.54 Å². The molecule has 4 heteroatoms. The minimum Gasteiger partial charge on any atom is -0.454 e. The molecule has 0 aliphatic heterocycles. The summed E-state index contributed by atoms with van der Waals surface area (Å²) in [4.78, 5) is 0. The summed E-state index contributed by atoms with van der Waals surface area (Å²) >= 11 is 2.14. The Labute approximate surface area is 104 Å². The zero-order valence-electron chi connectivity index (χ0n) is 9.22. The lowest BCUT2D eigenvalue weighted by Crippen LogP contribution is -2.39. The highest BCUT2D eigenvalue weighted by Crippen LogP contribution is 2.14. The third kappa shape index (κ3) is 4.12. The Balaban J connectivity index is 2.32. The maximum atomic E-state index is 10.0. The van der Waals surface area contributed by atoms with Gasteiger partial charge < -0.3 is 14.8 Å². The molecule has 86 valence electrons. The lowest BCUT2D eigenvalue weighted by atomic mass is 9.98. The first-order chi connectivity index (χ1) is 7.09. The number of hydrogen-bond donors (Lipinski definition) is 2. The predicted octanol–water partition coefficient (Wildman–Crippen LogP) is 2.52. The second-order valence-electron chi connectivity index (χ2n) is 3.74. The van der Waals surface area contributed by atoms with Crippen LogP contribution in [0.3, 0.4) is 0 Å². The summed E-state index contributed by atoms with van der Waals surface area (Å²) in [5.74, 6) is 0.911. The molecule has 0 amide bonds. The molecule has 0 radical (unpaired) electrons. The van der Waals surface area contributed by atoms with E-state index in [1.807, 2.05) is 26.0 Å². The Hall–Kier alpha value is -0.0700. The average Bonchev–Trinajstić information content (AvgIpc) is 2.64. The van der Waals surface area contributed by atoms with Crippen molar-refractivity contribution >= 4 is 22.6 Å². The van der Waals surface area contributed by atoms with Gasteiger partial charge in [0.15, 0.2) is 3.77 Å². The standard InChI is InChI=1S/C11H18INO2/c1-3-11(14,4-2)8-13-7-9-5-6-10(12)15-9/h5-6,13-14H,3-4,7-8H2,1-2H3. The van der Waals surface area contributed by atoms with Crippen LogP contribution in [0.4, 0.5) is 0 Å². The van der Waals surface area contributed by atoms with Crippen LogP contribution in [0.2, 0.25) is 0 Å². The minimum absolute atomic E-state index is 0.584. The Morgan fingerprint density at radius 2 is 2.07 bits per heavy atom. The molecule has 0 saturated heterocycles. The van der Waals surface area contributed by atoms with E-state index in [0.717, 1.165) is 22.4 Å². The first-order valence-electron chi connectivity index (χ1n) is 5.27. The molecule has 0 spiro atoms. The van der Waals surface area contributed by atoms with E-state index in [1.54, 1.807) is 0 Å². The van der Waals surface area contributed by atoms with Gasteiger partial charge in [-0.2, -0.15) is 0 Å². The fourth-order valence-corrected chi connectivity index (χ4v) is 1.83. The molecule has 0 aromatic carbocycles. The van der Waals surface area contributed by atoms with Gasteiger partial charge in [0, 0.05) is 6.54 Å². The van der Waals surface area contributed by atoms with Gasteiger partial charge in [0.1, 0.15) is 5.76 Å². The van der Waals surface area contributed by atoms with Crippen molar-refractivity contribution in [3.8, 4) is 0 Å². The number of aliphatic hydroxyl groups is 1. The molecule has 1 aromatic heterocycles. The van der Waals surface area contributed by atoms with Crippen molar-refractivity contribution in [2.75, 3.05) is 6.54 Å². The van der Waals surface area contributed by atoms with Crippen molar-refractivity contribution in [3.05, 3.63) is 21.7 Å². The van der Waals surface area contributed by atoms with Gasteiger partial charge in [0.2, 0.25) is 0 Å². The van der Waals surface area contributed by atoms with E-state index in [1.165, 1.54) is 0 Å². The normalized spacial score (nSPS) is 12.0. The smallest absolute Gasteiger partial charge is 0.164 e. The second kappa shape index (κ2) is 5.86. The summed E-state index contributed by atoms with van der Waals surface area (Å²) < 4.78 is 6.30. The molecule has 2 N–H and O–H groups in total. The first kappa shape index (κ1) is 13.0. The third-order valence-electron chi connectivity index (χ3n) is 2.70. The van der Waals surface area contributed by atoms with Gasteiger partial charge in [-0.25, -0.2) is 0 Å². The van der Waals surface area contributed by atoms with Crippen molar-refractivity contribution in [1.82, 2.24) is 5.32 Å². The molecule has 3 nitrogen and oxygen atoms in total. The second-order valence-corrected chi connectivity index (χ2v) is 4.80. The van der Waals surface area contributed by atoms with Crippen molar-refractivity contribution < 1.29 is 9.52 Å². The highest BCUT2D eigenvalue weighted by atomic mass is 127. The lowest BCUT2D eigenvalue weighted by molar-refractivity contribution is 0.0319. The summed E-state index contributed by atoms with van der Waals surface area (Å²) in [5.41, 5.74) is -0.584. The van der Waals surface area contributed by atoms with E-state index in [2.05, 4.69) is 27.9 Å². The molecule has 0 aliphatic carbocycles. The predicted molar refractivity (Wildman–Crippen MR) is 68.7 cm³/mol. The van der Waals surface area contributed by atoms with Crippen LogP contribution in [0.25, 0.3) is 0 Å². The van der Waals surface area contributed by atoms with E-state index in [-0.39, 0.29) is 0 Å². The maximum absolute atomic E-state index is 10.0. The van der Waals surface area contributed by atoms with Crippen LogP contribution in [0, 0.1) is 3.77 Å². The molecule has 0 aliphatic rings. The van der Waals surface area contributed by atoms with Gasteiger partial charge in [0.25, 0.3) is 0 Å². The summed E-state index contributed by atoms with van der Waals surface area (Å²) in [7, 11) is 0. The quantitative estimate of drug-likeness (QED) is 0.791. The molecule has 0 fully saturated rings. The number of rotatable bonds is 6. The summed E-state index contributed by atoms with van der Waals surface area (Å²) in [6.07, 6.45) is 1.54. The number of halogens is 1. The molecular weight excluding hydrogens is 305 g/mol. The maximum Gasteiger partial charge on any atom is 0.164 e. The summed E-state index contributed by atoms with van der Waals surface area (Å²) in [6.45, 7) is 5.28. The van der Waals surface area contributed by atoms with E-state index in [9.17, 15) is 5.11 Å². The summed E-state index contributed by atoms with van der Waals surface area (Å²) in [6, 6.07) is 3.88. The van der Waals surface area contributed by atoms with Gasteiger partial charge in [-0.3, -0.25) is 0 Å². The first-order valence-corrected chi connectivity index (χ1v) is 6.35. The minimum atomic E-state index is -0.584. The highest BCUT2D eigenvalue weighted by molar-refractivity contribution is 14.1. The Kier molecular flexibility index (Phi) is 5.08. The molecule has 0 unspecified atom stereocenters. The Morgan fingerprint density at radius 3 is 2.53 bits per heavy atom. The molecule has 1 rings (SSSR count). The van der Waals surface area contributed by atoms with Crippen molar-refractivity contribution in [3.63, 3.8) is 0 Å². The monoisotopic (exact) mass is 323 g/mol. The van der Waals surface area contributed by atoms with E-state index in [4.69, 9.17) is 4.42 Å².